The number of carbonyl (C=O) groups is 1. The summed E-state index contributed by atoms with van der Waals surface area (Å²) in [5.74, 6) is 0.418. The van der Waals surface area contributed by atoms with E-state index in [1.807, 2.05) is 11.8 Å². The summed E-state index contributed by atoms with van der Waals surface area (Å²) in [5, 5.41) is 3.32. The van der Waals surface area contributed by atoms with Gasteiger partial charge in [0.25, 0.3) is 0 Å². The highest BCUT2D eigenvalue weighted by Gasteiger charge is 2.30. The van der Waals surface area contributed by atoms with Crippen molar-refractivity contribution in [2.24, 2.45) is 11.3 Å². The van der Waals surface area contributed by atoms with Crippen molar-refractivity contribution in [1.82, 2.24) is 10.2 Å². The van der Waals surface area contributed by atoms with E-state index < -0.39 is 0 Å². The van der Waals surface area contributed by atoms with Gasteiger partial charge in [0.05, 0.1) is 0 Å². The van der Waals surface area contributed by atoms with E-state index in [1.165, 1.54) is 0 Å². The Morgan fingerprint density at radius 3 is 2.53 bits per heavy atom. The second-order valence-corrected chi connectivity index (χ2v) is 5.52. The van der Waals surface area contributed by atoms with Crippen LogP contribution in [0.3, 0.4) is 0 Å². The van der Waals surface area contributed by atoms with Crippen molar-refractivity contribution in [3.63, 3.8) is 0 Å². The minimum Gasteiger partial charge on any atom is -0.341 e. The van der Waals surface area contributed by atoms with Gasteiger partial charge in [-0.15, -0.1) is 0 Å². The third-order valence-corrected chi connectivity index (χ3v) is 3.32. The normalized spacial score (nSPS) is 20.9. The fraction of sp³-hybridized carbons (Fsp3) is 0.917. The van der Waals surface area contributed by atoms with Crippen LogP contribution in [0.4, 0.5) is 0 Å². The van der Waals surface area contributed by atoms with Gasteiger partial charge < -0.3 is 10.2 Å². The van der Waals surface area contributed by atoms with E-state index >= 15 is 0 Å². The first-order valence-corrected chi connectivity index (χ1v) is 5.92. The van der Waals surface area contributed by atoms with E-state index in [4.69, 9.17) is 0 Å². The molecule has 1 saturated heterocycles. The van der Waals surface area contributed by atoms with Crippen LogP contribution in [-0.4, -0.2) is 37.0 Å². The smallest absolute Gasteiger partial charge is 0.225 e. The number of hydrogen-bond donors (Lipinski definition) is 1. The lowest BCUT2D eigenvalue weighted by molar-refractivity contribution is -0.138. The molecule has 0 aliphatic carbocycles. The van der Waals surface area contributed by atoms with Crippen molar-refractivity contribution >= 4 is 5.91 Å². The van der Waals surface area contributed by atoms with Crippen LogP contribution in [0.25, 0.3) is 0 Å². The van der Waals surface area contributed by atoms with Crippen LogP contribution >= 0.6 is 0 Å². The Kier molecular flexibility index (Phi) is 4.14. The zero-order valence-corrected chi connectivity index (χ0v) is 10.5. The largest absolute Gasteiger partial charge is 0.341 e. The number of hydrogen-bond acceptors (Lipinski definition) is 2. The Morgan fingerprint density at radius 2 is 1.93 bits per heavy atom. The maximum absolute atomic E-state index is 12.2. The molecule has 0 spiro atoms. The first-order valence-electron chi connectivity index (χ1n) is 5.92. The van der Waals surface area contributed by atoms with Crippen molar-refractivity contribution in [1.29, 1.82) is 0 Å². The monoisotopic (exact) mass is 212 g/mol. The van der Waals surface area contributed by atoms with Crippen LogP contribution in [0, 0.1) is 11.3 Å². The summed E-state index contributed by atoms with van der Waals surface area (Å²) >= 11 is 0. The fourth-order valence-electron chi connectivity index (χ4n) is 1.71. The molecule has 1 N–H and O–H groups in total. The molecule has 1 atom stereocenters. The van der Waals surface area contributed by atoms with Gasteiger partial charge in [-0.05, 0) is 18.4 Å². The topological polar surface area (TPSA) is 32.3 Å². The first kappa shape index (κ1) is 12.5. The zero-order valence-electron chi connectivity index (χ0n) is 10.5. The maximum atomic E-state index is 12.2. The highest BCUT2D eigenvalue weighted by Crippen LogP contribution is 2.27. The second-order valence-electron chi connectivity index (χ2n) is 5.52. The average molecular weight is 212 g/mol. The Morgan fingerprint density at radius 1 is 1.27 bits per heavy atom. The van der Waals surface area contributed by atoms with E-state index in [0.717, 1.165) is 32.6 Å². The molecule has 0 aromatic rings. The van der Waals surface area contributed by atoms with Crippen LogP contribution in [0.5, 0.6) is 0 Å². The Balaban J connectivity index is 2.58. The Hall–Kier alpha value is -0.570. The summed E-state index contributed by atoms with van der Waals surface area (Å²) in [6.07, 6.45) is 1.07. The molecular formula is C12H24N2O. The van der Waals surface area contributed by atoms with Crippen LogP contribution in [0.15, 0.2) is 0 Å². The molecule has 1 fully saturated rings. The van der Waals surface area contributed by atoms with Gasteiger partial charge in [-0.2, -0.15) is 0 Å². The third kappa shape index (κ3) is 3.49. The minimum atomic E-state index is 0.0663. The molecular weight excluding hydrogens is 188 g/mol. The highest BCUT2D eigenvalue weighted by atomic mass is 16.2. The molecule has 1 heterocycles. The number of carbonyl (C=O) groups excluding carboxylic acids is 1. The van der Waals surface area contributed by atoms with Crippen LogP contribution in [0.1, 0.15) is 34.1 Å². The Bertz CT molecular complexity index is 212. The Labute approximate surface area is 93.2 Å². The minimum absolute atomic E-state index is 0.0663. The maximum Gasteiger partial charge on any atom is 0.225 e. The fourth-order valence-corrected chi connectivity index (χ4v) is 1.71. The van der Waals surface area contributed by atoms with E-state index in [2.05, 4.69) is 26.1 Å². The van der Waals surface area contributed by atoms with Crippen LogP contribution in [0.2, 0.25) is 0 Å². The summed E-state index contributed by atoms with van der Waals surface area (Å²) in [4.78, 5) is 14.2. The summed E-state index contributed by atoms with van der Waals surface area (Å²) in [6.45, 7) is 12.2. The van der Waals surface area contributed by atoms with Crippen molar-refractivity contribution < 1.29 is 4.79 Å². The van der Waals surface area contributed by atoms with Crippen molar-refractivity contribution in [2.75, 3.05) is 26.2 Å². The zero-order chi connectivity index (χ0) is 11.5. The molecule has 1 unspecified atom stereocenters. The van der Waals surface area contributed by atoms with Gasteiger partial charge >= 0.3 is 0 Å². The van der Waals surface area contributed by atoms with E-state index in [0.29, 0.717) is 5.91 Å². The van der Waals surface area contributed by atoms with Gasteiger partial charge in [-0.1, -0.05) is 27.7 Å². The lowest BCUT2D eigenvalue weighted by atomic mass is 9.81. The van der Waals surface area contributed by atoms with Crippen LogP contribution in [-0.2, 0) is 4.79 Å². The molecule has 3 nitrogen and oxygen atoms in total. The highest BCUT2D eigenvalue weighted by molar-refractivity contribution is 5.79. The van der Waals surface area contributed by atoms with Gasteiger partial charge in [0.1, 0.15) is 0 Å². The van der Waals surface area contributed by atoms with Crippen LogP contribution < -0.4 is 5.32 Å². The van der Waals surface area contributed by atoms with Gasteiger partial charge in [0.15, 0.2) is 0 Å². The molecule has 15 heavy (non-hydrogen) atoms. The molecule has 88 valence electrons. The summed E-state index contributed by atoms with van der Waals surface area (Å²) < 4.78 is 0. The number of amides is 1. The lowest BCUT2D eigenvalue weighted by Gasteiger charge is -2.31. The molecule has 1 rings (SSSR count). The SMILES string of the molecule is CC(C(=O)N1CCCNCC1)C(C)(C)C. The molecule has 3 heteroatoms. The van der Waals surface area contributed by atoms with Gasteiger partial charge in [-0.25, -0.2) is 0 Å². The van der Waals surface area contributed by atoms with Gasteiger partial charge in [-0.3, -0.25) is 4.79 Å². The lowest BCUT2D eigenvalue weighted by Crippen LogP contribution is -2.41. The predicted octanol–water partition coefficient (Wildman–Crippen LogP) is 1.49. The third-order valence-electron chi connectivity index (χ3n) is 3.32. The standard InChI is InChI=1S/C12H24N2O/c1-10(12(2,3)4)11(15)14-8-5-6-13-7-9-14/h10,13H,5-9H2,1-4H3. The number of nitrogens with one attached hydrogen (secondary N) is 1. The number of rotatable bonds is 1. The molecule has 1 amide bonds. The van der Waals surface area contributed by atoms with E-state index in [9.17, 15) is 4.79 Å². The van der Waals surface area contributed by atoms with Crippen molar-refractivity contribution in [3.8, 4) is 0 Å². The van der Waals surface area contributed by atoms with Gasteiger partial charge in [0.2, 0.25) is 5.91 Å². The summed E-state index contributed by atoms with van der Waals surface area (Å²) in [6, 6.07) is 0. The van der Waals surface area contributed by atoms with E-state index in [1.54, 1.807) is 0 Å². The average Bonchev–Trinajstić information content (AvgIpc) is 2.42. The summed E-state index contributed by atoms with van der Waals surface area (Å²) in [5.41, 5.74) is 0.0663. The second kappa shape index (κ2) is 4.97. The van der Waals surface area contributed by atoms with E-state index in [-0.39, 0.29) is 11.3 Å². The predicted molar refractivity (Wildman–Crippen MR) is 62.7 cm³/mol. The van der Waals surface area contributed by atoms with Crippen molar-refractivity contribution in [3.05, 3.63) is 0 Å². The number of nitrogens with zero attached hydrogens (tertiary/aromatic N) is 1. The quantitative estimate of drug-likeness (QED) is 0.714. The first-order chi connectivity index (χ1) is 6.93. The molecule has 0 bridgehead atoms. The van der Waals surface area contributed by atoms with Crippen molar-refractivity contribution in [2.45, 2.75) is 34.1 Å². The molecule has 1 aliphatic rings. The molecule has 0 saturated carbocycles. The molecule has 0 aromatic carbocycles. The molecule has 0 radical (unpaired) electrons. The molecule has 1 aliphatic heterocycles. The van der Waals surface area contributed by atoms with Gasteiger partial charge in [0, 0.05) is 25.6 Å². The summed E-state index contributed by atoms with van der Waals surface area (Å²) in [7, 11) is 0. The molecule has 0 aromatic heterocycles.